The topological polar surface area (TPSA) is 38.7 Å². The molecule has 0 unspecified atom stereocenters. The van der Waals surface area contributed by atoms with E-state index in [0.29, 0.717) is 0 Å². The van der Waals surface area contributed by atoms with Gasteiger partial charge in [0, 0.05) is 18.6 Å². The van der Waals surface area contributed by atoms with Crippen molar-refractivity contribution in [2.24, 2.45) is 0 Å². The van der Waals surface area contributed by atoms with Gasteiger partial charge in [0.05, 0.1) is 0 Å². The number of benzene rings is 5. The van der Waals surface area contributed by atoms with Gasteiger partial charge in [-0.25, -0.2) is 0 Å². The van der Waals surface area contributed by atoms with Crippen molar-refractivity contribution in [2.75, 3.05) is 0 Å². The molecule has 8 aromatic rings. The van der Waals surface area contributed by atoms with E-state index in [1.54, 1.807) is 0 Å². The monoisotopic (exact) mass is 983 g/mol. The molecular weight excluding hydrogens is 931 g/mol. The van der Waals surface area contributed by atoms with Crippen molar-refractivity contribution in [2.45, 2.75) is 84.5 Å². The van der Waals surface area contributed by atoms with E-state index in [1.165, 1.54) is 61.2 Å². The van der Waals surface area contributed by atoms with Crippen LogP contribution in [-0.4, -0.2) is 15.0 Å². The molecule has 0 N–H and O–H groups in total. The van der Waals surface area contributed by atoms with Crippen molar-refractivity contribution >= 4 is 0 Å². The molecule has 4 heteroatoms. The summed E-state index contributed by atoms with van der Waals surface area (Å²) in [6.07, 6.45) is 10.9. The predicted molar refractivity (Wildman–Crippen MR) is 251 cm³/mol. The Morgan fingerprint density at radius 3 is 1.53 bits per heavy atom. The van der Waals surface area contributed by atoms with E-state index in [-0.39, 0.29) is 30.9 Å². The zero-order valence-corrected chi connectivity index (χ0v) is 39.0. The fourth-order valence-corrected chi connectivity index (χ4v) is 9.61. The smallest absolute Gasteiger partial charge is 0.304 e. The van der Waals surface area contributed by atoms with E-state index in [1.807, 2.05) is 42.6 Å². The average molecular weight is 983 g/mol. The Morgan fingerprint density at radius 2 is 1.02 bits per heavy atom. The second-order valence-corrected chi connectivity index (χ2v) is 18.2. The third kappa shape index (κ3) is 9.05. The third-order valence-corrected chi connectivity index (χ3v) is 12.7. The number of aromatic nitrogens is 3. The zero-order valence-electron chi connectivity index (χ0n) is 36.6. The third-order valence-electron chi connectivity index (χ3n) is 12.7. The normalized spacial score (nSPS) is 13.6. The van der Waals surface area contributed by atoms with Gasteiger partial charge in [-0.15, -0.1) is 107 Å². The van der Waals surface area contributed by atoms with E-state index in [9.17, 15) is 0 Å². The second kappa shape index (κ2) is 17.9. The molecule has 1 aliphatic rings. The Bertz CT molecular complexity index is 2730. The Balaban J connectivity index is 0.00000529. The van der Waals surface area contributed by atoms with Gasteiger partial charge in [0.1, 0.15) is 0 Å². The summed E-state index contributed by atoms with van der Waals surface area (Å²) in [4.78, 5) is 14.8. The van der Waals surface area contributed by atoms with Gasteiger partial charge in [-0.05, 0) is 118 Å². The Hall–Kier alpha value is -5.80. The van der Waals surface area contributed by atoms with Crippen LogP contribution in [0, 0.1) is 32.0 Å². The molecule has 5 aromatic carbocycles. The summed E-state index contributed by atoms with van der Waals surface area (Å²) in [7, 11) is 0. The van der Waals surface area contributed by atoms with Crippen LogP contribution in [0.2, 0.25) is 0 Å². The molecule has 0 aliphatic heterocycles. The molecule has 0 radical (unpaired) electrons. The van der Waals surface area contributed by atoms with Crippen molar-refractivity contribution in [1.82, 2.24) is 15.0 Å². The maximum atomic E-state index is 5.05. The number of rotatable bonds is 11. The first-order valence-corrected chi connectivity index (χ1v) is 21.6. The summed E-state index contributed by atoms with van der Waals surface area (Å²) in [6, 6.07) is 55.6. The van der Waals surface area contributed by atoms with Gasteiger partial charge >= 0.3 is 20.1 Å². The number of pyridine rings is 3. The van der Waals surface area contributed by atoms with Crippen LogP contribution in [0.5, 0.6) is 0 Å². The van der Waals surface area contributed by atoms with Crippen LogP contribution in [0.4, 0.5) is 0 Å². The summed E-state index contributed by atoms with van der Waals surface area (Å²) in [5, 5.41) is 0. The van der Waals surface area contributed by atoms with Crippen LogP contribution in [0.15, 0.2) is 146 Å². The molecule has 1 aliphatic carbocycles. The summed E-state index contributed by atoms with van der Waals surface area (Å²) < 4.78 is 0. The molecule has 0 amide bonds. The van der Waals surface area contributed by atoms with Crippen molar-refractivity contribution in [3.63, 3.8) is 0 Å². The Morgan fingerprint density at radius 1 is 0.484 bits per heavy atom. The van der Waals surface area contributed by atoms with E-state index in [0.717, 1.165) is 71.4 Å². The van der Waals surface area contributed by atoms with Gasteiger partial charge in [-0.2, -0.15) is 0 Å². The molecule has 3 nitrogen and oxygen atoms in total. The van der Waals surface area contributed by atoms with Gasteiger partial charge in [0.15, 0.2) is 0 Å². The number of hydrogen-bond acceptors (Lipinski definition) is 3. The largest absolute Gasteiger partial charge is 3.00 e. The predicted octanol–water partition coefficient (Wildman–Crippen LogP) is 13.8. The molecule has 0 fully saturated rings. The van der Waals surface area contributed by atoms with Gasteiger partial charge in [0.2, 0.25) is 0 Å². The fourth-order valence-electron chi connectivity index (χ4n) is 9.61. The number of aryl methyl sites for hydroxylation is 6. The SMILES string of the molecule is Cc1cc(-c2[c-]cccc2)ncc1CCc1cc(CCc2cnc(-c3[c-]cccc3)cc2C)cc(-c2ccccc2-c2ccc(-c3[c-]cc4c(c3)C(C)(C)CC4(C)C)nc2)c1.[Ir+3]. The molecule has 3 heterocycles. The summed E-state index contributed by atoms with van der Waals surface area (Å²) in [5.74, 6) is 0. The molecule has 3 aromatic heterocycles. The van der Waals surface area contributed by atoms with Crippen molar-refractivity contribution < 1.29 is 20.1 Å². The van der Waals surface area contributed by atoms with E-state index in [4.69, 9.17) is 15.0 Å². The Labute approximate surface area is 382 Å². The van der Waals surface area contributed by atoms with Gasteiger partial charge in [-0.3, -0.25) is 0 Å². The van der Waals surface area contributed by atoms with Crippen molar-refractivity contribution in [1.29, 1.82) is 0 Å². The number of fused-ring (bicyclic) bond motifs is 1. The molecule has 0 saturated carbocycles. The minimum Gasteiger partial charge on any atom is -0.304 e. The Kier molecular flexibility index (Phi) is 12.4. The summed E-state index contributed by atoms with van der Waals surface area (Å²) in [5.41, 5.74) is 21.4. The van der Waals surface area contributed by atoms with Crippen LogP contribution < -0.4 is 0 Å². The van der Waals surface area contributed by atoms with E-state index in [2.05, 4.69) is 163 Å². The van der Waals surface area contributed by atoms with Crippen LogP contribution in [0.3, 0.4) is 0 Å². The molecule has 0 atom stereocenters. The maximum absolute atomic E-state index is 5.05. The molecule has 62 heavy (non-hydrogen) atoms. The quantitative estimate of drug-likeness (QED) is 0.121. The average Bonchev–Trinajstić information content (AvgIpc) is 3.47. The molecular formula is C58H52IrN3. The standard InChI is InChI=1S/C58H52N3.Ir/c1-39-29-55(43-15-9-7-10-16-43)60-35-46(39)23-21-41-31-42(22-24-47-36-61-56(30-40(47)2)44-17-11-8-12-18-44)33-49(32-41)51-20-14-13-19-50(51)48-26-28-54(59-37-48)45-25-27-52-53(34-45)58(5,6)38-57(52,3)4;/h7-15,17,19-20,26-37H,21-24,38H2,1-6H3;/q-3;+3. The van der Waals surface area contributed by atoms with E-state index >= 15 is 0 Å². The van der Waals surface area contributed by atoms with Gasteiger partial charge in [-0.1, -0.05) is 106 Å². The van der Waals surface area contributed by atoms with Crippen LogP contribution >= 0.6 is 0 Å². The number of hydrogen-bond donors (Lipinski definition) is 0. The zero-order chi connectivity index (χ0) is 42.1. The van der Waals surface area contributed by atoms with Gasteiger partial charge in [0.25, 0.3) is 0 Å². The first-order valence-electron chi connectivity index (χ1n) is 21.6. The van der Waals surface area contributed by atoms with Crippen LogP contribution in [0.1, 0.15) is 78.6 Å². The number of nitrogens with zero attached hydrogens (tertiary/aromatic N) is 3. The minimum absolute atomic E-state index is 0. The molecule has 0 saturated heterocycles. The molecule has 9 rings (SSSR count). The maximum Gasteiger partial charge on any atom is 3.00 e. The summed E-state index contributed by atoms with van der Waals surface area (Å²) >= 11 is 0. The molecule has 308 valence electrons. The second-order valence-electron chi connectivity index (χ2n) is 18.2. The van der Waals surface area contributed by atoms with Crippen molar-refractivity contribution in [3.05, 3.63) is 209 Å². The molecule has 0 bridgehead atoms. The first-order chi connectivity index (χ1) is 29.5. The minimum atomic E-state index is 0. The van der Waals surface area contributed by atoms with Crippen molar-refractivity contribution in [3.8, 4) is 56.0 Å². The van der Waals surface area contributed by atoms with Gasteiger partial charge < -0.3 is 15.0 Å². The fraction of sp³-hybridized carbons (Fsp3) is 0.224. The van der Waals surface area contributed by atoms with E-state index < -0.39 is 0 Å². The molecule has 0 spiro atoms. The van der Waals surface area contributed by atoms with Crippen LogP contribution in [-0.2, 0) is 56.6 Å². The first kappa shape index (κ1) is 42.9. The van der Waals surface area contributed by atoms with Crippen LogP contribution in [0.25, 0.3) is 56.0 Å². The summed E-state index contributed by atoms with van der Waals surface area (Å²) in [6.45, 7) is 13.8.